The molecule has 0 saturated heterocycles. The van der Waals surface area contributed by atoms with Crippen LogP contribution in [0.5, 0.6) is 0 Å². The number of ether oxygens (including phenoxy) is 1. The van der Waals surface area contributed by atoms with Crippen molar-refractivity contribution in [3.05, 3.63) is 89.1 Å². The van der Waals surface area contributed by atoms with Crippen LogP contribution in [0.15, 0.2) is 66.7 Å². The van der Waals surface area contributed by atoms with Crippen molar-refractivity contribution in [1.29, 1.82) is 0 Å². The van der Waals surface area contributed by atoms with Crippen LogP contribution in [-0.2, 0) is 17.6 Å². The smallest absolute Gasteiger partial charge is 0.339 e. The maximum absolute atomic E-state index is 13.0. The van der Waals surface area contributed by atoms with Crippen LogP contribution in [0.25, 0.3) is 21.7 Å². The quantitative estimate of drug-likeness (QED) is 0.372. The van der Waals surface area contributed by atoms with E-state index in [4.69, 9.17) is 9.72 Å². The Bertz CT molecular complexity index is 1270. The van der Waals surface area contributed by atoms with Crippen LogP contribution >= 0.6 is 0 Å². The van der Waals surface area contributed by atoms with Crippen molar-refractivity contribution in [2.24, 2.45) is 0 Å². The highest BCUT2D eigenvalue weighted by Crippen LogP contribution is 2.30. The van der Waals surface area contributed by atoms with E-state index >= 15 is 0 Å². The Labute approximate surface area is 168 Å². The number of carbonyl (C=O) groups excluding carboxylic acids is 2. The van der Waals surface area contributed by atoms with Gasteiger partial charge in [0, 0.05) is 16.6 Å². The minimum atomic E-state index is -0.449. The maximum atomic E-state index is 13.0. The van der Waals surface area contributed by atoms with E-state index < -0.39 is 5.97 Å². The van der Waals surface area contributed by atoms with Gasteiger partial charge in [-0.25, -0.2) is 4.79 Å². The Morgan fingerprint density at radius 2 is 1.62 bits per heavy atom. The molecule has 0 amide bonds. The van der Waals surface area contributed by atoms with Crippen molar-refractivity contribution < 1.29 is 14.3 Å². The molecular weight excluding hydrogens is 362 g/mol. The van der Waals surface area contributed by atoms with E-state index in [1.807, 2.05) is 60.7 Å². The molecule has 0 N–H and O–H groups in total. The molecule has 3 aromatic carbocycles. The van der Waals surface area contributed by atoms with Crippen molar-refractivity contribution in [3.63, 3.8) is 0 Å². The van der Waals surface area contributed by atoms with E-state index in [0.29, 0.717) is 11.1 Å². The summed E-state index contributed by atoms with van der Waals surface area (Å²) in [6, 6.07) is 20.9. The van der Waals surface area contributed by atoms with E-state index in [2.05, 4.69) is 0 Å². The zero-order chi connectivity index (χ0) is 19.8. The third kappa shape index (κ3) is 3.07. The first kappa shape index (κ1) is 17.6. The Balaban J connectivity index is 1.45. The van der Waals surface area contributed by atoms with E-state index in [0.717, 1.165) is 52.2 Å². The largest absolute Gasteiger partial charge is 0.454 e. The highest BCUT2D eigenvalue weighted by atomic mass is 16.5. The monoisotopic (exact) mass is 381 g/mol. The van der Waals surface area contributed by atoms with Gasteiger partial charge in [-0.2, -0.15) is 0 Å². The number of para-hydroxylation sites is 1. The number of hydrogen-bond donors (Lipinski definition) is 0. The summed E-state index contributed by atoms with van der Waals surface area (Å²) in [7, 11) is 0. The summed E-state index contributed by atoms with van der Waals surface area (Å²) in [5, 5.41) is 2.64. The summed E-state index contributed by atoms with van der Waals surface area (Å²) in [6.45, 7) is -0.279. The fourth-order valence-corrected chi connectivity index (χ4v) is 4.19. The first-order valence-corrected chi connectivity index (χ1v) is 9.81. The minimum absolute atomic E-state index is 0.204. The van der Waals surface area contributed by atoms with Gasteiger partial charge in [0.25, 0.3) is 0 Å². The standard InChI is InChI=1S/C25H19NO3/c27-23(18-11-5-8-16-7-1-2-9-17(16)18)15-29-25(28)24-19-10-3-4-13-21(19)26-22-14-6-12-20(22)24/h1-5,7-11,13H,6,12,14-15H2. The number of benzene rings is 3. The van der Waals surface area contributed by atoms with E-state index in [9.17, 15) is 9.59 Å². The molecule has 0 aliphatic heterocycles. The molecule has 4 nitrogen and oxygen atoms in total. The second-order valence-corrected chi connectivity index (χ2v) is 7.31. The predicted octanol–water partition coefficient (Wildman–Crippen LogP) is 4.92. The number of pyridine rings is 1. The Morgan fingerprint density at radius 3 is 2.52 bits per heavy atom. The van der Waals surface area contributed by atoms with Crippen LogP contribution in [0.3, 0.4) is 0 Å². The van der Waals surface area contributed by atoms with Crippen molar-refractivity contribution >= 4 is 33.4 Å². The number of nitrogens with zero attached hydrogens (tertiary/aromatic N) is 1. The molecule has 0 fully saturated rings. The molecule has 4 heteroatoms. The van der Waals surface area contributed by atoms with Gasteiger partial charge in [-0.1, -0.05) is 60.7 Å². The summed E-state index contributed by atoms with van der Waals surface area (Å²) in [4.78, 5) is 30.5. The molecule has 5 rings (SSSR count). The lowest BCUT2D eigenvalue weighted by molar-refractivity contribution is 0.0476. The first-order chi connectivity index (χ1) is 14.2. The summed E-state index contributed by atoms with van der Waals surface area (Å²) in [5.41, 5.74) is 3.86. The molecule has 1 aromatic heterocycles. The number of rotatable bonds is 4. The first-order valence-electron chi connectivity index (χ1n) is 9.81. The summed E-state index contributed by atoms with van der Waals surface area (Å²) < 4.78 is 5.51. The third-order valence-electron chi connectivity index (χ3n) is 5.55. The van der Waals surface area contributed by atoms with Crippen molar-refractivity contribution in [1.82, 2.24) is 4.98 Å². The van der Waals surface area contributed by atoms with Crippen LogP contribution in [0.2, 0.25) is 0 Å². The number of ketones is 1. The van der Waals surface area contributed by atoms with Gasteiger partial charge in [-0.05, 0) is 41.7 Å². The molecule has 0 atom stereocenters. The predicted molar refractivity (Wildman–Crippen MR) is 112 cm³/mol. The highest BCUT2D eigenvalue weighted by Gasteiger charge is 2.25. The number of hydrogen-bond acceptors (Lipinski definition) is 4. The average Bonchev–Trinajstić information content (AvgIpc) is 3.23. The Kier molecular flexibility index (Phi) is 4.32. The second-order valence-electron chi connectivity index (χ2n) is 7.31. The molecule has 0 unspecified atom stereocenters. The maximum Gasteiger partial charge on any atom is 0.339 e. The number of esters is 1. The number of Topliss-reactive ketones (excluding diaryl/α,β-unsaturated/α-hetero) is 1. The highest BCUT2D eigenvalue weighted by molar-refractivity contribution is 6.10. The van der Waals surface area contributed by atoms with Gasteiger partial charge in [0.2, 0.25) is 5.78 Å². The van der Waals surface area contributed by atoms with Crippen LogP contribution in [0.1, 0.15) is 38.4 Å². The zero-order valence-electron chi connectivity index (χ0n) is 15.9. The van der Waals surface area contributed by atoms with Crippen molar-refractivity contribution in [2.75, 3.05) is 6.61 Å². The molecule has 0 bridgehead atoms. The van der Waals surface area contributed by atoms with Gasteiger partial charge in [-0.3, -0.25) is 9.78 Å². The van der Waals surface area contributed by atoms with E-state index in [1.54, 1.807) is 6.07 Å². The zero-order valence-corrected chi connectivity index (χ0v) is 15.9. The second kappa shape index (κ2) is 7.13. The average molecular weight is 381 g/mol. The molecule has 4 aromatic rings. The lowest BCUT2D eigenvalue weighted by Crippen LogP contribution is -2.16. The van der Waals surface area contributed by atoms with Crippen LogP contribution in [-0.4, -0.2) is 23.3 Å². The number of aryl methyl sites for hydroxylation is 1. The molecule has 0 radical (unpaired) electrons. The normalized spacial score (nSPS) is 12.8. The van der Waals surface area contributed by atoms with Crippen molar-refractivity contribution in [3.8, 4) is 0 Å². The van der Waals surface area contributed by atoms with E-state index in [-0.39, 0.29) is 12.4 Å². The summed E-state index contributed by atoms with van der Waals surface area (Å²) >= 11 is 0. The van der Waals surface area contributed by atoms with Gasteiger partial charge >= 0.3 is 5.97 Å². The SMILES string of the molecule is O=C(COC(=O)c1c2c(nc3ccccc13)CCC2)c1cccc2ccccc12. The molecule has 0 spiro atoms. The van der Waals surface area contributed by atoms with Gasteiger partial charge in [-0.15, -0.1) is 0 Å². The fraction of sp³-hybridized carbons (Fsp3) is 0.160. The van der Waals surface area contributed by atoms with E-state index in [1.165, 1.54) is 0 Å². The van der Waals surface area contributed by atoms with Crippen LogP contribution < -0.4 is 0 Å². The topological polar surface area (TPSA) is 56.3 Å². The fourth-order valence-electron chi connectivity index (χ4n) is 4.19. The van der Waals surface area contributed by atoms with Crippen molar-refractivity contribution in [2.45, 2.75) is 19.3 Å². The third-order valence-corrected chi connectivity index (χ3v) is 5.55. The molecule has 0 saturated carbocycles. The van der Waals surface area contributed by atoms with Gasteiger partial charge in [0.1, 0.15) is 0 Å². The molecule has 142 valence electrons. The van der Waals surface area contributed by atoms with Gasteiger partial charge in [0.05, 0.1) is 11.1 Å². The number of aromatic nitrogens is 1. The minimum Gasteiger partial charge on any atom is -0.454 e. The van der Waals surface area contributed by atoms with Gasteiger partial charge < -0.3 is 4.74 Å². The molecule has 29 heavy (non-hydrogen) atoms. The molecule has 1 aliphatic rings. The van der Waals surface area contributed by atoms with Crippen LogP contribution in [0.4, 0.5) is 0 Å². The van der Waals surface area contributed by atoms with Gasteiger partial charge in [0.15, 0.2) is 6.61 Å². The Hall–Kier alpha value is -3.53. The molecule has 1 heterocycles. The lowest BCUT2D eigenvalue weighted by atomic mass is 10.0. The molecule has 1 aliphatic carbocycles. The van der Waals surface area contributed by atoms with Crippen LogP contribution in [0, 0.1) is 0 Å². The number of fused-ring (bicyclic) bond motifs is 3. The lowest BCUT2D eigenvalue weighted by Gasteiger charge is -2.12. The number of carbonyl (C=O) groups is 2. The Morgan fingerprint density at radius 1 is 0.862 bits per heavy atom. The molecular formula is C25H19NO3. The summed E-state index contributed by atoms with van der Waals surface area (Å²) in [5.74, 6) is -0.652. The summed E-state index contributed by atoms with van der Waals surface area (Å²) in [6.07, 6.45) is 2.66.